The molecule has 2 aliphatic rings. The summed E-state index contributed by atoms with van der Waals surface area (Å²) >= 11 is 0. The number of aromatic nitrogens is 1. The minimum atomic E-state index is -3.46. The van der Waals surface area contributed by atoms with Crippen LogP contribution in [0.5, 0.6) is 0 Å². The van der Waals surface area contributed by atoms with Crippen LogP contribution in [0.2, 0.25) is 0 Å². The van der Waals surface area contributed by atoms with Crippen molar-refractivity contribution in [3.63, 3.8) is 0 Å². The molecule has 0 N–H and O–H groups in total. The van der Waals surface area contributed by atoms with Crippen LogP contribution in [0.1, 0.15) is 26.2 Å². The van der Waals surface area contributed by atoms with Gasteiger partial charge in [0.25, 0.3) is 15.9 Å². The van der Waals surface area contributed by atoms with Crippen molar-refractivity contribution in [2.45, 2.75) is 32.2 Å². The normalized spacial score (nSPS) is 22.1. The number of nitrogens with zero attached hydrogens (tertiary/aromatic N) is 5. The van der Waals surface area contributed by atoms with Crippen LogP contribution in [0.25, 0.3) is 10.8 Å². The zero-order chi connectivity index (χ0) is 20.6. The first kappa shape index (κ1) is 20.0. The number of piperazine rings is 1. The molecule has 2 aliphatic heterocycles. The first-order valence-corrected chi connectivity index (χ1v) is 11.3. The van der Waals surface area contributed by atoms with Crippen molar-refractivity contribution in [3.05, 3.63) is 40.7 Å². The van der Waals surface area contributed by atoms with Crippen LogP contribution < -0.4 is 4.90 Å². The number of nitro groups is 1. The molecule has 0 radical (unpaired) electrons. The van der Waals surface area contributed by atoms with E-state index in [2.05, 4.69) is 9.88 Å². The number of rotatable bonds is 4. The zero-order valence-electron chi connectivity index (χ0n) is 16.4. The van der Waals surface area contributed by atoms with E-state index in [4.69, 9.17) is 0 Å². The van der Waals surface area contributed by atoms with E-state index in [-0.39, 0.29) is 11.7 Å². The minimum Gasteiger partial charge on any atom is -0.368 e. The van der Waals surface area contributed by atoms with Crippen LogP contribution in [0, 0.1) is 10.1 Å². The average Bonchev–Trinajstić information content (AvgIpc) is 2.73. The van der Waals surface area contributed by atoms with Gasteiger partial charge in [-0.05, 0) is 31.9 Å². The Morgan fingerprint density at radius 1 is 1.07 bits per heavy atom. The summed E-state index contributed by atoms with van der Waals surface area (Å²) in [7, 11) is -3.46. The third kappa shape index (κ3) is 3.67. The van der Waals surface area contributed by atoms with Crippen LogP contribution in [-0.2, 0) is 10.2 Å². The van der Waals surface area contributed by atoms with Crippen molar-refractivity contribution in [1.29, 1.82) is 0 Å². The van der Waals surface area contributed by atoms with Gasteiger partial charge in [0.1, 0.15) is 0 Å². The van der Waals surface area contributed by atoms with Crippen molar-refractivity contribution in [1.82, 2.24) is 13.6 Å². The molecule has 0 spiro atoms. The Morgan fingerprint density at radius 3 is 2.52 bits per heavy atom. The van der Waals surface area contributed by atoms with E-state index < -0.39 is 15.1 Å². The Bertz CT molecular complexity index is 1020. The van der Waals surface area contributed by atoms with Crippen LogP contribution in [-0.4, -0.2) is 65.7 Å². The molecule has 156 valence electrons. The van der Waals surface area contributed by atoms with Gasteiger partial charge in [0.05, 0.1) is 10.3 Å². The van der Waals surface area contributed by atoms with Gasteiger partial charge in [0.2, 0.25) is 0 Å². The van der Waals surface area contributed by atoms with Gasteiger partial charge < -0.3 is 4.90 Å². The van der Waals surface area contributed by atoms with Crippen LogP contribution in [0.15, 0.2) is 30.6 Å². The van der Waals surface area contributed by atoms with E-state index in [9.17, 15) is 18.5 Å². The van der Waals surface area contributed by atoms with Gasteiger partial charge in [0.15, 0.2) is 0 Å². The van der Waals surface area contributed by atoms with Gasteiger partial charge in [0, 0.05) is 68.3 Å². The molecular formula is C19H25N5O4S. The monoisotopic (exact) mass is 419 g/mol. The number of anilines is 1. The quantitative estimate of drug-likeness (QED) is 0.557. The topological polar surface area (TPSA) is 99.9 Å². The Balaban J connectivity index is 1.55. The second-order valence-electron chi connectivity index (χ2n) is 7.63. The van der Waals surface area contributed by atoms with E-state index in [0.717, 1.165) is 30.3 Å². The van der Waals surface area contributed by atoms with E-state index in [0.29, 0.717) is 38.1 Å². The third-order valence-electron chi connectivity index (χ3n) is 5.91. The molecule has 1 aromatic heterocycles. The van der Waals surface area contributed by atoms with Crippen molar-refractivity contribution in [2.75, 3.05) is 37.6 Å². The minimum absolute atomic E-state index is 0.0251. The van der Waals surface area contributed by atoms with Crippen molar-refractivity contribution < 1.29 is 13.3 Å². The lowest BCUT2D eigenvalue weighted by atomic mass is 10.1. The van der Waals surface area contributed by atoms with Gasteiger partial charge in [-0.2, -0.15) is 17.0 Å². The predicted molar refractivity (Wildman–Crippen MR) is 111 cm³/mol. The van der Waals surface area contributed by atoms with Crippen LogP contribution in [0.3, 0.4) is 0 Å². The molecule has 9 nitrogen and oxygen atoms in total. The lowest BCUT2D eigenvalue weighted by Crippen LogP contribution is -2.55. The van der Waals surface area contributed by atoms with E-state index in [1.165, 1.54) is 12.3 Å². The summed E-state index contributed by atoms with van der Waals surface area (Å²) in [5.41, 5.74) is 0.897. The summed E-state index contributed by atoms with van der Waals surface area (Å²) in [6, 6.07) is 5.06. The van der Waals surface area contributed by atoms with E-state index in [1.54, 1.807) is 26.9 Å². The third-order valence-corrected chi connectivity index (χ3v) is 8.07. The molecule has 0 unspecified atom stereocenters. The fourth-order valence-corrected chi connectivity index (χ4v) is 6.16. The maximum Gasteiger partial charge on any atom is 0.282 e. The standard InChI is InChI=1S/C19H25N5O4S/c1-15-4-2-3-9-23(15)29(27,28)22-12-10-21(11-13-22)18-5-6-19(24(25)26)17-14-20-8-7-16(17)18/h5-8,14-15H,2-4,9-13H2,1H3/t15-/m0/s1. The first-order valence-electron chi connectivity index (χ1n) is 9.92. The molecule has 4 rings (SSSR count). The molecule has 0 bridgehead atoms. The molecule has 0 aliphatic carbocycles. The Hall–Kier alpha value is -2.30. The van der Waals surface area contributed by atoms with Gasteiger partial charge in [-0.15, -0.1) is 0 Å². The van der Waals surface area contributed by atoms with Gasteiger partial charge in [-0.25, -0.2) is 0 Å². The zero-order valence-corrected chi connectivity index (χ0v) is 17.2. The number of fused-ring (bicyclic) bond motifs is 1. The molecule has 2 aromatic rings. The molecule has 2 fully saturated rings. The summed E-state index contributed by atoms with van der Waals surface area (Å²) < 4.78 is 29.4. The summed E-state index contributed by atoms with van der Waals surface area (Å²) in [4.78, 5) is 17.0. The second kappa shape index (κ2) is 7.85. The maximum absolute atomic E-state index is 13.1. The number of hydrogen-bond acceptors (Lipinski definition) is 6. The molecule has 2 saturated heterocycles. The Morgan fingerprint density at radius 2 is 1.83 bits per heavy atom. The highest BCUT2D eigenvalue weighted by Crippen LogP contribution is 2.34. The van der Waals surface area contributed by atoms with Crippen molar-refractivity contribution in [2.24, 2.45) is 0 Å². The molecule has 1 atom stereocenters. The highest BCUT2D eigenvalue weighted by molar-refractivity contribution is 7.86. The number of pyridine rings is 1. The van der Waals surface area contributed by atoms with Gasteiger partial charge in [-0.3, -0.25) is 15.1 Å². The first-order chi connectivity index (χ1) is 13.9. The maximum atomic E-state index is 13.1. The smallest absolute Gasteiger partial charge is 0.282 e. The molecule has 0 amide bonds. The Labute approximate surface area is 170 Å². The lowest BCUT2D eigenvalue weighted by Gasteiger charge is -2.40. The molecule has 29 heavy (non-hydrogen) atoms. The molecule has 0 saturated carbocycles. The van der Waals surface area contributed by atoms with E-state index in [1.807, 2.05) is 6.92 Å². The highest BCUT2D eigenvalue weighted by atomic mass is 32.2. The largest absolute Gasteiger partial charge is 0.368 e. The van der Waals surface area contributed by atoms with Crippen molar-refractivity contribution in [3.8, 4) is 0 Å². The second-order valence-corrected chi connectivity index (χ2v) is 9.51. The van der Waals surface area contributed by atoms with Crippen LogP contribution in [0.4, 0.5) is 11.4 Å². The van der Waals surface area contributed by atoms with E-state index >= 15 is 0 Å². The molecular weight excluding hydrogens is 394 g/mol. The van der Waals surface area contributed by atoms with Crippen molar-refractivity contribution >= 4 is 32.4 Å². The summed E-state index contributed by atoms with van der Waals surface area (Å²) in [5.74, 6) is 0. The molecule has 3 heterocycles. The fraction of sp³-hybridized carbons (Fsp3) is 0.526. The predicted octanol–water partition coefficient (Wildman–Crippen LogP) is 2.38. The average molecular weight is 420 g/mol. The Kier molecular flexibility index (Phi) is 5.41. The number of benzene rings is 1. The summed E-state index contributed by atoms with van der Waals surface area (Å²) in [6.45, 7) is 4.44. The molecule has 1 aromatic carbocycles. The summed E-state index contributed by atoms with van der Waals surface area (Å²) in [6.07, 6.45) is 6.01. The van der Waals surface area contributed by atoms with Gasteiger partial charge >= 0.3 is 0 Å². The number of hydrogen-bond donors (Lipinski definition) is 0. The SMILES string of the molecule is C[C@H]1CCCCN1S(=O)(=O)N1CCN(c2ccc([N+](=O)[O-])c3cnccc23)CC1. The van der Waals surface area contributed by atoms with Gasteiger partial charge in [-0.1, -0.05) is 6.42 Å². The number of piperidine rings is 1. The fourth-order valence-electron chi connectivity index (χ4n) is 4.32. The lowest BCUT2D eigenvalue weighted by molar-refractivity contribution is -0.383. The highest BCUT2D eigenvalue weighted by Gasteiger charge is 2.36. The molecule has 10 heteroatoms. The van der Waals surface area contributed by atoms with Crippen LogP contribution >= 0.6 is 0 Å². The number of nitro benzene ring substituents is 1. The number of non-ortho nitro benzene ring substituents is 1. The summed E-state index contributed by atoms with van der Waals surface area (Å²) in [5, 5.41) is 12.6.